The van der Waals surface area contributed by atoms with Gasteiger partial charge in [-0.2, -0.15) is 14.5 Å². The summed E-state index contributed by atoms with van der Waals surface area (Å²) in [5.74, 6) is -1.52. The predicted octanol–water partition coefficient (Wildman–Crippen LogP) is 1.11. The molecule has 0 aliphatic heterocycles. The van der Waals surface area contributed by atoms with E-state index in [1.807, 2.05) is 0 Å². The summed E-state index contributed by atoms with van der Waals surface area (Å²) in [7, 11) is 1.57. The van der Waals surface area contributed by atoms with Crippen LogP contribution in [0.3, 0.4) is 0 Å². The van der Waals surface area contributed by atoms with Crippen LogP contribution < -0.4 is 5.32 Å². The average Bonchev–Trinajstić information content (AvgIpc) is 2.74. The standard InChI is InChI=1S/C10H8FN5O3/c1-15-10(12-5-13-15)14-9(17)6-2-3-8(16(18)19)7(11)4-6/h2-5H,1H3,(H,12,13,14,17). The van der Waals surface area contributed by atoms with Gasteiger partial charge in [0.15, 0.2) is 0 Å². The van der Waals surface area contributed by atoms with Crippen molar-refractivity contribution in [3.63, 3.8) is 0 Å². The van der Waals surface area contributed by atoms with Crippen LogP contribution in [0, 0.1) is 15.9 Å². The Balaban J connectivity index is 2.23. The molecule has 0 aliphatic rings. The van der Waals surface area contributed by atoms with Gasteiger partial charge in [0.25, 0.3) is 5.91 Å². The molecule has 0 saturated carbocycles. The Morgan fingerprint density at radius 2 is 2.26 bits per heavy atom. The molecule has 0 atom stereocenters. The molecule has 0 spiro atoms. The van der Waals surface area contributed by atoms with Gasteiger partial charge in [0.05, 0.1) is 4.92 Å². The molecule has 98 valence electrons. The van der Waals surface area contributed by atoms with E-state index in [9.17, 15) is 19.3 Å². The third-order valence-electron chi connectivity index (χ3n) is 2.34. The number of anilines is 1. The Bertz CT molecular complexity index is 654. The molecule has 2 rings (SSSR count). The Hall–Kier alpha value is -2.84. The van der Waals surface area contributed by atoms with E-state index in [-0.39, 0.29) is 11.5 Å². The molecule has 0 fully saturated rings. The SMILES string of the molecule is Cn1ncnc1NC(=O)c1ccc([N+](=O)[O-])c(F)c1. The number of rotatable bonds is 3. The van der Waals surface area contributed by atoms with Crippen LogP contribution >= 0.6 is 0 Å². The molecule has 1 heterocycles. The molecular weight excluding hydrogens is 257 g/mol. The van der Waals surface area contributed by atoms with E-state index in [1.54, 1.807) is 7.05 Å². The molecule has 0 saturated heterocycles. The van der Waals surface area contributed by atoms with Gasteiger partial charge in [-0.05, 0) is 12.1 Å². The number of nitro benzene ring substituents is 1. The zero-order valence-electron chi connectivity index (χ0n) is 9.70. The molecule has 19 heavy (non-hydrogen) atoms. The fraction of sp³-hybridized carbons (Fsp3) is 0.100. The first-order chi connectivity index (χ1) is 8.99. The third kappa shape index (κ3) is 2.54. The van der Waals surface area contributed by atoms with Crippen LogP contribution in [-0.2, 0) is 7.05 Å². The maximum Gasteiger partial charge on any atom is 0.304 e. The second-order valence-corrected chi connectivity index (χ2v) is 3.58. The molecule has 2 aromatic rings. The van der Waals surface area contributed by atoms with Gasteiger partial charge >= 0.3 is 5.69 Å². The summed E-state index contributed by atoms with van der Waals surface area (Å²) < 4.78 is 14.7. The number of carbonyl (C=O) groups excluding carboxylic acids is 1. The fourth-order valence-electron chi connectivity index (χ4n) is 1.38. The van der Waals surface area contributed by atoms with Gasteiger partial charge in [-0.3, -0.25) is 20.2 Å². The molecule has 0 radical (unpaired) electrons. The Kier molecular flexibility index (Phi) is 3.19. The zero-order valence-corrected chi connectivity index (χ0v) is 9.70. The molecule has 0 bridgehead atoms. The number of nitrogens with one attached hydrogen (secondary N) is 1. The quantitative estimate of drug-likeness (QED) is 0.661. The topological polar surface area (TPSA) is 103 Å². The smallest absolute Gasteiger partial charge is 0.291 e. The first-order valence-corrected chi connectivity index (χ1v) is 5.08. The number of aromatic nitrogens is 3. The van der Waals surface area contributed by atoms with Crippen molar-refractivity contribution in [3.8, 4) is 0 Å². The van der Waals surface area contributed by atoms with Crippen molar-refractivity contribution >= 4 is 17.5 Å². The highest BCUT2D eigenvalue weighted by molar-refractivity contribution is 6.03. The van der Waals surface area contributed by atoms with Gasteiger partial charge in [-0.1, -0.05) is 0 Å². The number of hydrogen-bond acceptors (Lipinski definition) is 5. The number of aryl methyl sites for hydroxylation is 1. The predicted molar refractivity (Wildman–Crippen MR) is 62.0 cm³/mol. The van der Waals surface area contributed by atoms with Crippen LogP contribution in [0.25, 0.3) is 0 Å². The highest BCUT2D eigenvalue weighted by Gasteiger charge is 2.17. The molecular formula is C10H8FN5O3. The van der Waals surface area contributed by atoms with Crippen molar-refractivity contribution in [1.29, 1.82) is 0 Å². The van der Waals surface area contributed by atoms with Crippen molar-refractivity contribution < 1.29 is 14.1 Å². The minimum atomic E-state index is -1.07. The van der Waals surface area contributed by atoms with Crippen molar-refractivity contribution in [2.75, 3.05) is 5.32 Å². The lowest BCUT2D eigenvalue weighted by molar-refractivity contribution is -0.387. The largest absolute Gasteiger partial charge is 0.304 e. The maximum absolute atomic E-state index is 13.4. The number of benzene rings is 1. The second-order valence-electron chi connectivity index (χ2n) is 3.58. The van der Waals surface area contributed by atoms with Crippen molar-refractivity contribution in [1.82, 2.24) is 14.8 Å². The summed E-state index contributed by atoms with van der Waals surface area (Å²) >= 11 is 0. The van der Waals surface area contributed by atoms with Gasteiger partial charge in [0, 0.05) is 18.7 Å². The number of halogens is 1. The van der Waals surface area contributed by atoms with E-state index in [4.69, 9.17) is 0 Å². The maximum atomic E-state index is 13.4. The van der Waals surface area contributed by atoms with E-state index >= 15 is 0 Å². The minimum absolute atomic E-state index is 0.0499. The second kappa shape index (κ2) is 4.80. The molecule has 9 heteroatoms. The van der Waals surface area contributed by atoms with Crippen LogP contribution in [-0.4, -0.2) is 25.6 Å². The number of carbonyl (C=O) groups is 1. The number of hydrogen-bond donors (Lipinski definition) is 1. The summed E-state index contributed by atoms with van der Waals surface area (Å²) in [4.78, 5) is 25.1. The fourth-order valence-corrected chi connectivity index (χ4v) is 1.38. The van der Waals surface area contributed by atoms with Gasteiger partial charge in [-0.25, -0.2) is 4.68 Å². The number of amides is 1. The van der Waals surface area contributed by atoms with E-state index < -0.39 is 22.3 Å². The molecule has 1 N–H and O–H groups in total. The Labute approximate surface area is 106 Å². The highest BCUT2D eigenvalue weighted by atomic mass is 19.1. The average molecular weight is 265 g/mol. The lowest BCUT2D eigenvalue weighted by atomic mass is 10.2. The van der Waals surface area contributed by atoms with E-state index in [2.05, 4.69) is 15.4 Å². The van der Waals surface area contributed by atoms with E-state index in [1.165, 1.54) is 11.0 Å². The number of nitro groups is 1. The highest BCUT2D eigenvalue weighted by Crippen LogP contribution is 2.18. The lowest BCUT2D eigenvalue weighted by Crippen LogP contribution is -2.15. The molecule has 1 aromatic carbocycles. The normalized spacial score (nSPS) is 10.2. The summed E-state index contributed by atoms with van der Waals surface area (Å²) in [6.45, 7) is 0. The van der Waals surface area contributed by atoms with Gasteiger partial charge in [0.2, 0.25) is 11.8 Å². The molecule has 8 nitrogen and oxygen atoms in total. The summed E-state index contributed by atoms with van der Waals surface area (Å²) in [6, 6.07) is 2.89. The van der Waals surface area contributed by atoms with Crippen LogP contribution in [0.4, 0.5) is 16.0 Å². The first kappa shape index (κ1) is 12.6. The zero-order chi connectivity index (χ0) is 14.0. The van der Waals surface area contributed by atoms with Gasteiger partial charge in [-0.15, -0.1) is 0 Å². The van der Waals surface area contributed by atoms with Crippen molar-refractivity contribution in [3.05, 3.63) is 46.0 Å². The molecule has 1 aromatic heterocycles. The monoisotopic (exact) mass is 265 g/mol. The lowest BCUT2D eigenvalue weighted by Gasteiger charge is -2.04. The van der Waals surface area contributed by atoms with Gasteiger partial charge < -0.3 is 0 Å². The van der Waals surface area contributed by atoms with E-state index in [0.717, 1.165) is 18.2 Å². The molecule has 1 amide bonds. The Morgan fingerprint density at radius 1 is 1.53 bits per heavy atom. The van der Waals surface area contributed by atoms with Crippen molar-refractivity contribution in [2.45, 2.75) is 0 Å². The van der Waals surface area contributed by atoms with Gasteiger partial charge in [0.1, 0.15) is 6.33 Å². The molecule has 0 aliphatic carbocycles. The van der Waals surface area contributed by atoms with Crippen LogP contribution in [0.2, 0.25) is 0 Å². The van der Waals surface area contributed by atoms with Crippen LogP contribution in [0.1, 0.15) is 10.4 Å². The minimum Gasteiger partial charge on any atom is -0.291 e. The van der Waals surface area contributed by atoms with Crippen LogP contribution in [0.15, 0.2) is 24.5 Å². The van der Waals surface area contributed by atoms with E-state index in [0.29, 0.717) is 0 Å². The third-order valence-corrected chi connectivity index (χ3v) is 2.34. The molecule has 0 unspecified atom stereocenters. The summed E-state index contributed by atoms with van der Waals surface area (Å²) in [6.07, 6.45) is 1.24. The van der Waals surface area contributed by atoms with Crippen LogP contribution in [0.5, 0.6) is 0 Å². The summed E-state index contributed by atoms with van der Waals surface area (Å²) in [5, 5.41) is 16.6. The summed E-state index contributed by atoms with van der Waals surface area (Å²) in [5.41, 5.74) is -0.735. The first-order valence-electron chi connectivity index (χ1n) is 5.08. The number of nitrogens with zero attached hydrogens (tertiary/aromatic N) is 4. The Morgan fingerprint density at radius 3 is 2.79 bits per heavy atom. The van der Waals surface area contributed by atoms with Crippen molar-refractivity contribution in [2.24, 2.45) is 7.05 Å².